The molecule has 108 valence electrons. The SMILES string of the molecule is C=CCCCCCCCCCCC[SiH](OC)OC. The van der Waals surface area contributed by atoms with Crippen LogP contribution in [0.5, 0.6) is 0 Å². The summed E-state index contributed by atoms with van der Waals surface area (Å²) in [5.74, 6) is 0. The number of rotatable bonds is 14. The van der Waals surface area contributed by atoms with E-state index in [-0.39, 0.29) is 0 Å². The first kappa shape index (κ1) is 17.9. The number of hydrogen-bond donors (Lipinski definition) is 0. The molecule has 0 atom stereocenters. The molecule has 0 aromatic rings. The Bertz CT molecular complexity index is 170. The Hall–Kier alpha value is -0.123. The van der Waals surface area contributed by atoms with Crippen LogP contribution in [0.4, 0.5) is 0 Å². The summed E-state index contributed by atoms with van der Waals surface area (Å²) >= 11 is 0. The van der Waals surface area contributed by atoms with E-state index in [4.69, 9.17) is 8.85 Å². The third-order valence-electron chi connectivity index (χ3n) is 3.37. The topological polar surface area (TPSA) is 18.5 Å². The van der Waals surface area contributed by atoms with Gasteiger partial charge in [0.25, 0.3) is 0 Å². The molecule has 0 saturated heterocycles. The van der Waals surface area contributed by atoms with Crippen LogP contribution in [-0.4, -0.2) is 23.5 Å². The van der Waals surface area contributed by atoms with Gasteiger partial charge in [0.15, 0.2) is 0 Å². The second kappa shape index (κ2) is 14.9. The van der Waals surface area contributed by atoms with Crippen molar-refractivity contribution in [2.45, 2.75) is 70.3 Å². The van der Waals surface area contributed by atoms with Gasteiger partial charge in [-0.3, -0.25) is 0 Å². The van der Waals surface area contributed by atoms with Crippen LogP contribution in [0.1, 0.15) is 64.2 Å². The smallest absolute Gasteiger partial charge is 0.320 e. The van der Waals surface area contributed by atoms with Crippen LogP contribution in [0, 0.1) is 0 Å². The molecule has 0 amide bonds. The number of allylic oxidation sites excluding steroid dienone is 1. The maximum absolute atomic E-state index is 5.30. The minimum Gasteiger partial charge on any atom is -0.400 e. The van der Waals surface area contributed by atoms with E-state index in [9.17, 15) is 0 Å². The predicted octanol–water partition coefficient (Wildman–Crippen LogP) is 4.59. The van der Waals surface area contributed by atoms with E-state index in [1.165, 1.54) is 64.2 Å². The maximum atomic E-state index is 5.30. The summed E-state index contributed by atoms with van der Waals surface area (Å²) in [7, 11) is 2.26. The molecule has 0 aromatic heterocycles. The number of unbranched alkanes of at least 4 members (excludes halogenated alkanes) is 9. The van der Waals surface area contributed by atoms with E-state index in [0.29, 0.717) is 0 Å². The van der Waals surface area contributed by atoms with Crippen LogP contribution in [-0.2, 0) is 8.85 Å². The largest absolute Gasteiger partial charge is 0.400 e. The lowest BCUT2D eigenvalue weighted by atomic mass is 10.1. The fourth-order valence-electron chi connectivity index (χ4n) is 2.17. The third-order valence-corrected chi connectivity index (χ3v) is 5.31. The summed E-state index contributed by atoms with van der Waals surface area (Å²) in [6, 6.07) is 1.16. The zero-order valence-corrected chi connectivity index (χ0v) is 13.6. The Morgan fingerprint density at radius 3 is 1.67 bits per heavy atom. The van der Waals surface area contributed by atoms with E-state index < -0.39 is 9.28 Å². The van der Waals surface area contributed by atoms with Gasteiger partial charge in [0.1, 0.15) is 0 Å². The molecule has 0 aromatic carbocycles. The van der Waals surface area contributed by atoms with Crippen molar-refractivity contribution in [3.05, 3.63) is 12.7 Å². The lowest BCUT2D eigenvalue weighted by molar-refractivity contribution is 0.276. The Balaban J connectivity index is 3.05. The molecule has 0 saturated carbocycles. The highest BCUT2D eigenvalue weighted by Crippen LogP contribution is 2.12. The molecule has 2 nitrogen and oxygen atoms in total. The lowest BCUT2D eigenvalue weighted by Gasteiger charge is -2.10. The van der Waals surface area contributed by atoms with E-state index in [2.05, 4.69) is 6.58 Å². The van der Waals surface area contributed by atoms with Gasteiger partial charge in [-0.15, -0.1) is 6.58 Å². The molecule has 0 fully saturated rings. The van der Waals surface area contributed by atoms with Crippen molar-refractivity contribution in [3.8, 4) is 0 Å². The predicted molar refractivity (Wildman–Crippen MR) is 82.3 cm³/mol. The first-order chi connectivity index (χ1) is 8.85. The second-order valence-corrected chi connectivity index (χ2v) is 7.33. The van der Waals surface area contributed by atoms with E-state index in [1.807, 2.05) is 6.08 Å². The minimum atomic E-state index is -1.28. The van der Waals surface area contributed by atoms with E-state index in [1.54, 1.807) is 14.2 Å². The van der Waals surface area contributed by atoms with Gasteiger partial charge < -0.3 is 8.85 Å². The molecule has 0 aliphatic rings. The van der Waals surface area contributed by atoms with Crippen LogP contribution in [0.15, 0.2) is 12.7 Å². The molecule has 0 aliphatic carbocycles. The molecular formula is C15H32O2Si. The van der Waals surface area contributed by atoms with Crippen molar-refractivity contribution in [2.75, 3.05) is 14.2 Å². The van der Waals surface area contributed by atoms with E-state index in [0.717, 1.165) is 6.04 Å². The van der Waals surface area contributed by atoms with Crippen molar-refractivity contribution in [1.82, 2.24) is 0 Å². The van der Waals surface area contributed by atoms with Crippen molar-refractivity contribution >= 4 is 9.28 Å². The molecule has 0 radical (unpaired) electrons. The van der Waals surface area contributed by atoms with Gasteiger partial charge in [-0.25, -0.2) is 0 Å². The molecule has 0 unspecified atom stereocenters. The van der Waals surface area contributed by atoms with Gasteiger partial charge in [0, 0.05) is 14.2 Å². The van der Waals surface area contributed by atoms with E-state index >= 15 is 0 Å². The quantitative estimate of drug-likeness (QED) is 0.262. The zero-order chi connectivity index (χ0) is 13.5. The fourth-order valence-corrected chi connectivity index (χ4v) is 3.45. The van der Waals surface area contributed by atoms with Crippen molar-refractivity contribution in [2.24, 2.45) is 0 Å². The highest BCUT2D eigenvalue weighted by atomic mass is 28.3. The monoisotopic (exact) mass is 272 g/mol. The number of hydrogen-bond acceptors (Lipinski definition) is 2. The van der Waals surface area contributed by atoms with Crippen molar-refractivity contribution in [3.63, 3.8) is 0 Å². The molecule has 3 heteroatoms. The molecule has 0 spiro atoms. The molecule has 0 bridgehead atoms. The molecule has 18 heavy (non-hydrogen) atoms. The lowest BCUT2D eigenvalue weighted by Crippen LogP contribution is -2.18. The Labute approximate surface area is 116 Å². The van der Waals surface area contributed by atoms with Gasteiger partial charge in [-0.1, -0.05) is 57.4 Å². The Morgan fingerprint density at radius 2 is 1.22 bits per heavy atom. The highest BCUT2D eigenvalue weighted by Gasteiger charge is 2.07. The van der Waals surface area contributed by atoms with Gasteiger partial charge in [-0.2, -0.15) is 0 Å². The maximum Gasteiger partial charge on any atom is 0.320 e. The first-order valence-corrected chi connectivity index (χ1v) is 9.27. The normalized spacial score (nSPS) is 11.1. The minimum absolute atomic E-state index is 1.16. The van der Waals surface area contributed by atoms with Crippen LogP contribution in [0.3, 0.4) is 0 Å². The first-order valence-electron chi connectivity index (χ1n) is 7.51. The van der Waals surface area contributed by atoms with Crippen molar-refractivity contribution in [1.29, 1.82) is 0 Å². The summed E-state index contributed by atoms with van der Waals surface area (Å²) in [5, 5.41) is 0. The van der Waals surface area contributed by atoms with Crippen LogP contribution >= 0.6 is 0 Å². The molecule has 0 N–H and O–H groups in total. The second-order valence-electron chi connectivity index (χ2n) is 4.95. The van der Waals surface area contributed by atoms with Gasteiger partial charge in [0.2, 0.25) is 0 Å². The summed E-state index contributed by atoms with van der Waals surface area (Å²) < 4.78 is 10.6. The average Bonchev–Trinajstić information content (AvgIpc) is 2.40. The van der Waals surface area contributed by atoms with Crippen LogP contribution < -0.4 is 0 Å². The fraction of sp³-hybridized carbons (Fsp3) is 0.867. The summed E-state index contributed by atoms with van der Waals surface area (Å²) in [6.45, 7) is 3.75. The van der Waals surface area contributed by atoms with Crippen molar-refractivity contribution < 1.29 is 8.85 Å². The standard InChI is InChI=1S/C15H32O2Si/c1-4-5-6-7-8-9-10-11-12-13-14-15-18(16-2)17-3/h4,18H,1,5-15H2,2-3H3. The van der Waals surface area contributed by atoms with Crippen LogP contribution in [0.2, 0.25) is 6.04 Å². The molecule has 0 rings (SSSR count). The average molecular weight is 273 g/mol. The highest BCUT2D eigenvalue weighted by molar-refractivity contribution is 6.44. The van der Waals surface area contributed by atoms with Gasteiger partial charge in [0.05, 0.1) is 0 Å². The Kier molecular flexibility index (Phi) is 14.8. The zero-order valence-electron chi connectivity index (χ0n) is 12.5. The molecular weight excluding hydrogens is 240 g/mol. The summed E-state index contributed by atoms with van der Waals surface area (Å²) in [6.07, 6.45) is 15.5. The summed E-state index contributed by atoms with van der Waals surface area (Å²) in [5.41, 5.74) is 0. The third kappa shape index (κ3) is 12.3. The Morgan fingerprint density at radius 1 is 0.778 bits per heavy atom. The molecule has 0 heterocycles. The molecule has 0 aliphatic heterocycles. The van der Waals surface area contributed by atoms with Gasteiger partial charge in [-0.05, 0) is 18.9 Å². The summed E-state index contributed by atoms with van der Waals surface area (Å²) in [4.78, 5) is 0. The van der Waals surface area contributed by atoms with Gasteiger partial charge >= 0.3 is 9.28 Å². The van der Waals surface area contributed by atoms with Crippen LogP contribution in [0.25, 0.3) is 0 Å².